The zero-order valence-corrected chi connectivity index (χ0v) is 10.5. The molecule has 3 heteroatoms. The summed E-state index contributed by atoms with van der Waals surface area (Å²) in [6.45, 7) is 6.34. The summed E-state index contributed by atoms with van der Waals surface area (Å²) in [6.07, 6.45) is 8.37. The van der Waals surface area contributed by atoms with Gasteiger partial charge in [-0.15, -0.1) is 0 Å². The molecular formula is C14H18N2O. The Labute approximate surface area is 102 Å². The van der Waals surface area contributed by atoms with Gasteiger partial charge < -0.3 is 10.5 Å². The molecule has 2 heterocycles. The van der Waals surface area contributed by atoms with Crippen LogP contribution < -0.4 is 5.73 Å². The zero-order chi connectivity index (χ0) is 12.4. The van der Waals surface area contributed by atoms with Crippen molar-refractivity contribution in [1.82, 2.24) is 0 Å². The number of allylic oxidation sites excluding steroid dienone is 4. The predicted octanol–water partition coefficient (Wildman–Crippen LogP) is 3.03. The number of rotatable bonds is 2. The lowest BCUT2D eigenvalue weighted by Crippen LogP contribution is -2.07. The van der Waals surface area contributed by atoms with Gasteiger partial charge in [-0.1, -0.05) is 26.0 Å². The summed E-state index contributed by atoms with van der Waals surface area (Å²) >= 11 is 0. The summed E-state index contributed by atoms with van der Waals surface area (Å²) in [5.41, 5.74) is 8.99. The Morgan fingerprint density at radius 1 is 1.35 bits per heavy atom. The summed E-state index contributed by atoms with van der Waals surface area (Å²) in [4.78, 5) is 4.39. The van der Waals surface area contributed by atoms with Crippen molar-refractivity contribution in [2.24, 2.45) is 16.6 Å². The van der Waals surface area contributed by atoms with E-state index in [0.29, 0.717) is 11.8 Å². The van der Waals surface area contributed by atoms with Gasteiger partial charge in [-0.2, -0.15) is 0 Å². The molecule has 0 aromatic rings. The van der Waals surface area contributed by atoms with E-state index in [2.05, 4.69) is 24.9 Å². The zero-order valence-electron chi connectivity index (χ0n) is 10.5. The minimum absolute atomic E-state index is 0.387. The molecule has 2 N–H and O–H groups in total. The molecule has 0 amide bonds. The molecule has 0 saturated carbocycles. The lowest BCUT2D eigenvalue weighted by Gasteiger charge is -2.14. The second-order valence-electron chi connectivity index (χ2n) is 4.65. The molecule has 2 aliphatic rings. The van der Waals surface area contributed by atoms with Crippen molar-refractivity contribution in [3.8, 4) is 0 Å². The molecule has 0 aliphatic carbocycles. The molecule has 0 radical (unpaired) electrons. The number of ether oxygens (including phenoxy) is 1. The van der Waals surface area contributed by atoms with Gasteiger partial charge in [-0.3, -0.25) is 0 Å². The van der Waals surface area contributed by atoms with Gasteiger partial charge in [0.1, 0.15) is 11.5 Å². The third-order valence-electron chi connectivity index (χ3n) is 2.86. The van der Waals surface area contributed by atoms with E-state index in [9.17, 15) is 0 Å². The maximum Gasteiger partial charge on any atom is 0.155 e. The van der Waals surface area contributed by atoms with Crippen molar-refractivity contribution >= 4 is 5.84 Å². The van der Waals surface area contributed by atoms with Crippen LogP contribution in [-0.4, -0.2) is 5.84 Å². The standard InChI is InChI=1S/C14H18N2O/c1-9(2)11-6-4-5-7-17-14(11)13-10(3)8-12(15)16-13/h4-7,9H,8H2,1-3H3,(H2,15,16). The van der Waals surface area contributed by atoms with Crippen LogP contribution in [0.5, 0.6) is 0 Å². The Morgan fingerprint density at radius 2 is 2.12 bits per heavy atom. The first-order chi connectivity index (χ1) is 8.09. The molecule has 3 nitrogen and oxygen atoms in total. The minimum Gasteiger partial charge on any atom is -0.462 e. The first kappa shape index (κ1) is 11.7. The van der Waals surface area contributed by atoms with Gasteiger partial charge >= 0.3 is 0 Å². The first-order valence-electron chi connectivity index (χ1n) is 5.86. The predicted molar refractivity (Wildman–Crippen MR) is 70.2 cm³/mol. The van der Waals surface area contributed by atoms with E-state index in [1.54, 1.807) is 6.26 Å². The summed E-state index contributed by atoms with van der Waals surface area (Å²) in [7, 11) is 0. The van der Waals surface area contributed by atoms with Crippen LogP contribution in [0.15, 0.2) is 52.1 Å². The second kappa shape index (κ2) is 4.62. The number of hydrogen-bond donors (Lipinski definition) is 1. The van der Waals surface area contributed by atoms with Gasteiger partial charge in [-0.05, 0) is 30.1 Å². The molecule has 90 valence electrons. The first-order valence-corrected chi connectivity index (χ1v) is 5.86. The molecule has 2 aliphatic heterocycles. The van der Waals surface area contributed by atoms with Gasteiger partial charge in [0.2, 0.25) is 0 Å². The largest absolute Gasteiger partial charge is 0.462 e. The molecule has 0 spiro atoms. The van der Waals surface area contributed by atoms with Crippen LogP contribution >= 0.6 is 0 Å². The highest BCUT2D eigenvalue weighted by atomic mass is 16.5. The molecule has 0 fully saturated rings. The number of aliphatic imine (C=N–C) groups is 1. The molecule has 0 atom stereocenters. The van der Waals surface area contributed by atoms with Crippen molar-refractivity contribution in [3.63, 3.8) is 0 Å². The SMILES string of the molecule is CC1=C(C2=C(C(C)C)C=CC=CO2)N=C(N)C1. The van der Waals surface area contributed by atoms with Gasteiger partial charge in [0.05, 0.1) is 6.26 Å². The van der Waals surface area contributed by atoms with E-state index >= 15 is 0 Å². The Morgan fingerprint density at radius 3 is 2.71 bits per heavy atom. The van der Waals surface area contributed by atoms with Crippen LogP contribution in [0.4, 0.5) is 0 Å². The average Bonchev–Trinajstić information content (AvgIpc) is 2.51. The third kappa shape index (κ3) is 2.33. The Bertz CT molecular complexity index is 476. The third-order valence-corrected chi connectivity index (χ3v) is 2.86. The lowest BCUT2D eigenvalue weighted by molar-refractivity contribution is 0.352. The number of amidine groups is 1. The van der Waals surface area contributed by atoms with Gasteiger partial charge in [0.15, 0.2) is 5.76 Å². The second-order valence-corrected chi connectivity index (χ2v) is 4.65. The van der Waals surface area contributed by atoms with Crippen molar-refractivity contribution in [1.29, 1.82) is 0 Å². The van der Waals surface area contributed by atoms with Crippen LogP contribution in [0.2, 0.25) is 0 Å². The average molecular weight is 230 g/mol. The lowest BCUT2D eigenvalue weighted by atomic mass is 9.99. The fourth-order valence-electron chi connectivity index (χ4n) is 1.98. The fourth-order valence-corrected chi connectivity index (χ4v) is 1.98. The normalized spacial score (nSPS) is 19.9. The van der Waals surface area contributed by atoms with E-state index < -0.39 is 0 Å². The number of nitrogens with two attached hydrogens (primary N) is 1. The van der Waals surface area contributed by atoms with Gasteiger partial charge in [-0.25, -0.2) is 4.99 Å². The summed E-state index contributed by atoms with van der Waals surface area (Å²) < 4.78 is 5.70. The summed E-state index contributed by atoms with van der Waals surface area (Å²) in [6, 6.07) is 0. The number of nitrogens with zero attached hydrogens (tertiary/aromatic N) is 1. The topological polar surface area (TPSA) is 47.6 Å². The highest BCUT2D eigenvalue weighted by molar-refractivity contribution is 5.87. The van der Waals surface area contributed by atoms with Crippen LogP contribution in [0.3, 0.4) is 0 Å². The molecule has 0 bridgehead atoms. The molecule has 0 saturated heterocycles. The van der Waals surface area contributed by atoms with Crippen LogP contribution in [0, 0.1) is 5.92 Å². The van der Waals surface area contributed by atoms with E-state index in [-0.39, 0.29) is 0 Å². The van der Waals surface area contributed by atoms with E-state index in [4.69, 9.17) is 10.5 Å². The van der Waals surface area contributed by atoms with Crippen molar-refractivity contribution < 1.29 is 4.74 Å². The highest BCUT2D eigenvalue weighted by Gasteiger charge is 2.21. The summed E-state index contributed by atoms with van der Waals surface area (Å²) in [5.74, 6) is 1.88. The summed E-state index contributed by atoms with van der Waals surface area (Å²) in [5, 5.41) is 0. The van der Waals surface area contributed by atoms with E-state index in [1.807, 2.05) is 19.1 Å². The Kier molecular flexibility index (Phi) is 3.18. The van der Waals surface area contributed by atoms with Crippen molar-refractivity contribution in [3.05, 3.63) is 47.1 Å². The highest BCUT2D eigenvalue weighted by Crippen LogP contribution is 2.31. The monoisotopic (exact) mass is 230 g/mol. The van der Waals surface area contributed by atoms with Gasteiger partial charge in [0.25, 0.3) is 0 Å². The fraction of sp³-hybridized carbons (Fsp3) is 0.357. The molecule has 17 heavy (non-hydrogen) atoms. The van der Waals surface area contributed by atoms with Gasteiger partial charge in [0, 0.05) is 6.42 Å². The smallest absolute Gasteiger partial charge is 0.155 e. The molecule has 0 aromatic heterocycles. The molecule has 2 rings (SSSR count). The van der Waals surface area contributed by atoms with Crippen LogP contribution in [-0.2, 0) is 4.74 Å². The minimum atomic E-state index is 0.387. The van der Waals surface area contributed by atoms with E-state index in [1.165, 1.54) is 5.57 Å². The molecular weight excluding hydrogens is 212 g/mol. The molecule has 0 aromatic carbocycles. The Hall–Kier alpha value is -1.77. The number of hydrogen-bond acceptors (Lipinski definition) is 3. The van der Waals surface area contributed by atoms with Crippen LogP contribution in [0.1, 0.15) is 27.2 Å². The van der Waals surface area contributed by atoms with Crippen molar-refractivity contribution in [2.75, 3.05) is 0 Å². The van der Waals surface area contributed by atoms with Crippen LogP contribution in [0.25, 0.3) is 0 Å². The van der Waals surface area contributed by atoms with Crippen molar-refractivity contribution in [2.45, 2.75) is 27.2 Å². The molecule has 0 unspecified atom stereocenters. The maximum atomic E-state index is 5.78. The quantitative estimate of drug-likeness (QED) is 0.792. The Balaban J connectivity index is 2.50. The maximum absolute atomic E-state index is 5.78. The van der Waals surface area contributed by atoms with E-state index in [0.717, 1.165) is 23.5 Å².